The van der Waals surface area contributed by atoms with Crippen molar-refractivity contribution >= 4 is 6.20 Å². The third kappa shape index (κ3) is 1.05. The monoisotopic (exact) mass is 212 g/mol. The van der Waals surface area contributed by atoms with E-state index in [4.69, 9.17) is 0 Å². The number of rotatable bonds is 0. The average molecular weight is 212 g/mol. The van der Waals surface area contributed by atoms with Gasteiger partial charge in [0, 0.05) is 30.1 Å². The van der Waals surface area contributed by atoms with Gasteiger partial charge in [-0.25, -0.2) is 0 Å². The second kappa shape index (κ2) is 3.11. The van der Waals surface area contributed by atoms with E-state index in [9.17, 15) is 0 Å². The van der Waals surface area contributed by atoms with E-state index in [2.05, 4.69) is 52.6 Å². The van der Waals surface area contributed by atoms with E-state index in [1.165, 1.54) is 18.5 Å². The van der Waals surface area contributed by atoms with Gasteiger partial charge in [0.05, 0.1) is 6.04 Å². The summed E-state index contributed by atoms with van der Waals surface area (Å²) < 4.78 is 2.25. The highest BCUT2D eigenvalue weighted by molar-refractivity contribution is 5.39. The van der Waals surface area contributed by atoms with Crippen LogP contribution < -0.4 is 5.32 Å². The van der Waals surface area contributed by atoms with E-state index in [1.54, 1.807) is 0 Å². The van der Waals surface area contributed by atoms with E-state index < -0.39 is 0 Å². The summed E-state index contributed by atoms with van der Waals surface area (Å²) in [5, 5.41) is 3.78. The lowest BCUT2D eigenvalue weighted by molar-refractivity contribution is 0.385. The van der Waals surface area contributed by atoms with Crippen molar-refractivity contribution < 1.29 is 0 Å². The lowest BCUT2D eigenvalue weighted by atomic mass is 9.80. The maximum Gasteiger partial charge on any atom is 0.0550 e. The molecule has 1 aliphatic carbocycles. The molecule has 0 spiro atoms. The summed E-state index contributed by atoms with van der Waals surface area (Å²) >= 11 is 0. The van der Waals surface area contributed by atoms with Crippen molar-refractivity contribution in [2.75, 3.05) is 0 Å². The molecule has 0 aromatic carbocycles. The maximum atomic E-state index is 3.78. The number of hydrogen-bond donors (Lipinski definition) is 1. The van der Waals surface area contributed by atoms with Crippen LogP contribution in [0.25, 0.3) is 6.20 Å². The molecule has 2 nitrogen and oxygen atoms in total. The first kappa shape index (κ1) is 8.82. The molecule has 1 aromatic rings. The molecule has 1 fully saturated rings. The molecule has 2 heteroatoms. The molecule has 2 aliphatic heterocycles. The standard InChI is InChI=1S/C14H16N2/c1-2-5-12-10(4-1)11-7-9-16-8-3-6-13(16)14(11)15-12/h2-3,5-12,14-15H,1,4H2. The minimum absolute atomic E-state index is 0.526. The Morgan fingerprint density at radius 3 is 3.31 bits per heavy atom. The summed E-state index contributed by atoms with van der Waals surface area (Å²) in [7, 11) is 0. The van der Waals surface area contributed by atoms with Gasteiger partial charge in [0.25, 0.3) is 0 Å². The largest absolute Gasteiger partial charge is 0.326 e. The molecule has 4 atom stereocenters. The topological polar surface area (TPSA) is 17.0 Å². The molecule has 3 aliphatic rings. The number of nitrogens with zero attached hydrogens (tertiary/aromatic N) is 1. The molecule has 4 unspecified atom stereocenters. The van der Waals surface area contributed by atoms with Crippen LogP contribution in [0.1, 0.15) is 24.6 Å². The number of fused-ring (bicyclic) bond motifs is 5. The molecule has 1 saturated heterocycles. The predicted octanol–water partition coefficient (Wildman–Crippen LogP) is 2.57. The number of allylic oxidation sites excluding steroid dienone is 1. The van der Waals surface area contributed by atoms with Crippen LogP contribution >= 0.6 is 0 Å². The maximum absolute atomic E-state index is 3.78. The zero-order chi connectivity index (χ0) is 10.5. The number of hydrogen-bond acceptors (Lipinski definition) is 1. The second-order valence-electron chi connectivity index (χ2n) is 5.10. The Morgan fingerprint density at radius 2 is 2.31 bits per heavy atom. The Kier molecular flexibility index (Phi) is 1.71. The summed E-state index contributed by atoms with van der Waals surface area (Å²) in [4.78, 5) is 0. The zero-order valence-corrected chi connectivity index (χ0v) is 9.21. The molecule has 16 heavy (non-hydrogen) atoms. The first-order valence-electron chi connectivity index (χ1n) is 6.21. The normalized spacial score (nSPS) is 39.2. The molecule has 0 amide bonds. The number of aromatic nitrogens is 1. The van der Waals surface area contributed by atoms with Crippen LogP contribution in [0.4, 0.5) is 0 Å². The SMILES string of the molecule is C1=CC2NC3c4cccn4C=CC3C2CC1. The van der Waals surface area contributed by atoms with Gasteiger partial charge < -0.3 is 9.88 Å². The van der Waals surface area contributed by atoms with E-state index in [-0.39, 0.29) is 0 Å². The molecular weight excluding hydrogens is 196 g/mol. The molecule has 0 saturated carbocycles. The first-order chi connectivity index (χ1) is 7.93. The van der Waals surface area contributed by atoms with Crippen LogP contribution in [0.5, 0.6) is 0 Å². The second-order valence-corrected chi connectivity index (χ2v) is 5.10. The molecular formula is C14H16N2. The van der Waals surface area contributed by atoms with E-state index in [0.29, 0.717) is 18.0 Å². The predicted molar refractivity (Wildman–Crippen MR) is 64.8 cm³/mol. The molecule has 1 N–H and O–H groups in total. The van der Waals surface area contributed by atoms with Gasteiger partial charge in [-0.1, -0.05) is 18.2 Å². The fourth-order valence-corrected chi connectivity index (χ4v) is 3.57. The highest BCUT2D eigenvalue weighted by atomic mass is 15.1. The fourth-order valence-electron chi connectivity index (χ4n) is 3.57. The van der Waals surface area contributed by atoms with Gasteiger partial charge in [-0.3, -0.25) is 0 Å². The van der Waals surface area contributed by atoms with Gasteiger partial charge >= 0.3 is 0 Å². The Balaban J connectivity index is 1.78. The van der Waals surface area contributed by atoms with Crippen LogP contribution in [0, 0.1) is 11.8 Å². The Morgan fingerprint density at radius 1 is 1.31 bits per heavy atom. The minimum Gasteiger partial charge on any atom is -0.326 e. The van der Waals surface area contributed by atoms with Crippen molar-refractivity contribution in [1.29, 1.82) is 0 Å². The lowest BCUT2D eigenvalue weighted by Gasteiger charge is -2.26. The molecule has 82 valence electrons. The van der Waals surface area contributed by atoms with Crippen LogP contribution in [0.3, 0.4) is 0 Å². The van der Waals surface area contributed by atoms with Gasteiger partial charge in [-0.15, -0.1) is 0 Å². The van der Waals surface area contributed by atoms with E-state index in [0.717, 1.165) is 5.92 Å². The van der Waals surface area contributed by atoms with Gasteiger partial charge in [0.2, 0.25) is 0 Å². The van der Waals surface area contributed by atoms with Crippen LogP contribution in [0.15, 0.2) is 36.6 Å². The summed E-state index contributed by atoms with van der Waals surface area (Å²) in [6.45, 7) is 0. The lowest BCUT2D eigenvalue weighted by Crippen LogP contribution is -2.27. The Bertz CT molecular complexity index is 469. The third-order valence-electron chi connectivity index (χ3n) is 4.32. The van der Waals surface area contributed by atoms with Crippen molar-refractivity contribution in [3.63, 3.8) is 0 Å². The third-order valence-corrected chi connectivity index (χ3v) is 4.32. The zero-order valence-electron chi connectivity index (χ0n) is 9.21. The molecule has 1 aromatic heterocycles. The molecule has 0 bridgehead atoms. The summed E-state index contributed by atoms with van der Waals surface area (Å²) in [5.41, 5.74) is 1.43. The van der Waals surface area contributed by atoms with Crippen LogP contribution in [-0.4, -0.2) is 10.6 Å². The molecule has 4 rings (SSSR count). The van der Waals surface area contributed by atoms with Gasteiger partial charge in [0.1, 0.15) is 0 Å². The van der Waals surface area contributed by atoms with Crippen molar-refractivity contribution in [3.05, 3.63) is 42.3 Å². The summed E-state index contributed by atoms with van der Waals surface area (Å²) in [5.74, 6) is 1.49. The summed E-state index contributed by atoms with van der Waals surface area (Å²) in [6, 6.07) is 5.50. The molecule has 3 heterocycles. The number of nitrogens with one attached hydrogen (secondary N) is 1. The van der Waals surface area contributed by atoms with Crippen molar-refractivity contribution in [2.24, 2.45) is 11.8 Å². The van der Waals surface area contributed by atoms with Gasteiger partial charge in [0.15, 0.2) is 0 Å². The Labute approximate surface area is 95.7 Å². The van der Waals surface area contributed by atoms with Crippen molar-refractivity contribution in [3.8, 4) is 0 Å². The highest BCUT2D eigenvalue weighted by Crippen LogP contribution is 2.44. The van der Waals surface area contributed by atoms with E-state index >= 15 is 0 Å². The molecule has 0 radical (unpaired) electrons. The highest BCUT2D eigenvalue weighted by Gasteiger charge is 2.43. The van der Waals surface area contributed by atoms with Crippen LogP contribution in [0.2, 0.25) is 0 Å². The first-order valence-corrected chi connectivity index (χ1v) is 6.21. The Hall–Kier alpha value is -1.28. The van der Waals surface area contributed by atoms with E-state index in [1.807, 2.05) is 0 Å². The van der Waals surface area contributed by atoms with Crippen molar-refractivity contribution in [1.82, 2.24) is 9.88 Å². The fraction of sp³-hybridized carbons (Fsp3) is 0.429. The average Bonchev–Trinajstić information content (AvgIpc) is 2.92. The smallest absolute Gasteiger partial charge is 0.0550 e. The minimum atomic E-state index is 0.526. The summed E-state index contributed by atoms with van der Waals surface area (Å²) in [6.07, 6.45) is 14.1. The van der Waals surface area contributed by atoms with Gasteiger partial charge in [-0.2, -0.15) is 0 Å². The van der Waals surface area contributed by atoms with Gasteiger partial charge in [-0.05, 0) is 30.9 Å². The quantitative estimate of drug-likeness (QED) is 0.654. The van der Waals surface area contributed by atoms with Crippen molar-refractivity contribution in [2.45, 2.75) is 24.9 Å². The van der Waals surface area contributed by atoms with Crippen LogP contribution in [-0.2, 0) is 0 Å².